The molecule has 1 atom stereocenters. The molecule has 1 aliphatic heterocycles. The zero-order valence-electron chi connectivity index (χ0n) is 11.8. The van der Waals surface area contributed by atoms with Crippen LogP contribution in [-0.2, 0) is 4.79 Å². The van der Waals surface area contributed by atoms with Gasteiger partial charge in [0, 0.05) is 25.2 Å². The van der Waals surface area contributed by atoms with E-state index in [1.807, 2.05) is 7.05 Å². The van der Waals surface area contributed by atoms with Crippen molar-refractivity contribution in [1.82, 2.24) is 15.1 Å². The molecule has 0 bridgehead atoms. The third kappa shape index (κ3) is 3.18. The Morgan fingerprint density at radius 1 is 1.32 bits per heavy atom. The summed E-state index contributed by atoms with van der Waals surface area (Å²) in [4.78, 5) is 27.2. The van der Waals surface area contributed by atoms with Crippen LogP contribution in [-0.4, -0.2) is 65.2 Å². The lowest BCUT2D eigenvalue weighted by Gasteiger charge is -2.45. The van der Waals surface area contributed by atoms with Crippen molar-refractivity contribution in [3.63, 3.8) is 0 Å². The van der Waals surface area contributed by atoms with E-state index in [1.165, 1.54) is 0 Å². The van der Waals surface area contributed by atoms with Gasteiger partial charge >= 0.3 is 12.0 Å². The minimum absolute atomic E-state index is 0.0755. The van der Waals surface area contributed by atoms with Crippen molar-refractivity contribution in [3.8, 4) is 0 Å². The van der Waals surface area contributed by atoms with Crippen molar-refractivity contribution in [3.05, 3.63) is 0 Å². The van der Waals surface area contributed by atoms with Gasteiger partial charge in [-0.2, -0.15) is 0 Å². The Kier molecular flexibility index (Phi) is 3.71. The molecule has 1 saturated heterocycles. The van der Waals surface area contributed by atoms with Gasteiger partial charge in [0.05, 0.1) is 0 Å². The topological polar surface area (TPSA) is 72.9 Å². The van der Waals surface area contributed by atoms with Crippen molar-refractivity contribution in [1.29, 1.82) is 0 Å². The summed E-state index contributed by atoms with van der Waals surface area (Å²) in [7, 11) is 2.04. The summed E-state index contributed by atoms with van der Waals surface area (Å²) in [5.74, 6) is -0.814. The molecule has 1 aliphatic carbocycles. The van der Waals surface area contributed by atoms with E-state index in [-0.39, 0.29) is 17.5 Å². The standard InChI is InChI=1S/C13H23N3O3/c1-13(2)8-16(7-6-15(13)3)12(19)14-10(11(17)18)9-4-5-9/h9-10H,4-8H2,1-3H3,(H,14,19)(H,17,18). The third-order valence-electron chi connectivity index (χ3n) is 4.24. The van der Waals surface area contributed by atoms with Crippen LogP contribution in [0.3, 0.4) is 0 Å². The number of aliphatic carboxylic acids is 1. The molecule has 0 aromatic heterocycles. The summed E-state index contributed by atoms with van der Waals surface area (Å²) < 4.78 is 0. The van der Waals surface area contributed by atoms with Crippen molar-refractivity contribution in [2.75, 3.05) is 26.7 Å². The Morgan fingerprint density at radius 3 is 2.42 bits per heavy atom. The smallest absolute Gasteiger partial charge is 0.326 e. The molecule has 0 aromatic rings. The van der Waals surface area contributed by atoms with Gasteiger partial charge in [-0.05, 0) is 39.7 Å². The Morgan fingerprint density at radius 2 is 1.95 bits per heavy atom. The fourth-order valence-corrected chi connectivity index (χ4v) is 2.45. The number of carboxylic acids is 1. The molecule has 2 rings (SSSR count). The van der Waals surface area contributed by atoms with Gasteiger partial charge in [-0.3, -0.25) is 4.90 Å². The summed E-state index contributed by atoms with van der Waals surface area (Å²) in [6.07, 6.45) is 1.79. The molecular weight excluding hydrogens is 246 g/mol. The first-order valence-corrected chi connectivity index (χ1v) is 6.81. The first-order chi connectivity index (χ1) is 8.81. The van der Waals surface area contributed by atoms with Gasteiger partial charge in [-0.15, -0.1) is 0 Å². The van der Waals surface area contributed by atoms with Crippen LogP contribution >= 0.6 is 0 Å². The highest BCUT2D eigenvalue weighted by Crippen LogP contribution is 2.33. The van der Waals surface area contributed by atoms with E-state index in [0.29, 0.717) is 13.1 Å². The van der Waals surface area contributed by atoms with Crippen LogP contribution in [0.5, 0.6) is 0 Å². The maximum Gasteiger partial charge on any atom is 0.326 e. The second-order valence-electron chi connectivity index (χ2n) is 6.26. The first kappa shape index (κ1) is 14.1. The lowest BCUT2D eigenvalue weighted by atomic mass is 10.00. The highest BCUT2D eigenvalue weighted by molar-refractivity contribution is 5.83. The maximum atomic E-state index is 12.2. The lowest BCUT2D eigenvalue weighted by Crippen LogP contribution is -2.61. The van der Waals surface area contributed by atoms with Crippen LogP contribution in [0.4, 0.5) is 4.79 Å². The lowest BCUT2D eigenvalue weighted by molar-refractivity contribution is -0.139. The van der Waals surface area contributed by atoms with E-state index < -0.39 is 12.0 Å². The average Bonchev–Trinajstić information content (AvgIpc) is 3.12. The number of urea groups is 1. The second kappa shape index (κ2) is 5.00. The number of carboxylic acid groups (broad SMARTS) is 1. The van der Waals surface area contributed by atoms with Crippen molar-refractivity contribution in [2.45, 2.75) is 38.3 Å². The Hall–Kier alpha value is -1.30. The van der Waals surface area contributed by atoms with Gasteiger partial charge in [0.25, 0.3) is 0 Å². The predicted octanol–water partition coefficient (Wildman–Crippen LogP) is 0.585. The Labute approximate surface area is 113 Å². The normalized spacial score (nSPS) is 24.9. The highest BCUT2D eigenvalue weighted by Gasteiger charge is 2.39. The van der Waals surface area contributed by atoms with E-state index in [9.17, 15) is 9.59 Å². The van der Waals surface area contributed by atoms with Crippen LogP contribution in [0.25, 0.3) is 0 Å². The van der Waals surface area contributed by atoms with E-state index in [0.717, 1.165) is 19.4 Å². The van der Waals surface area contributed by atoms with E-state index >= 15 is 0 Å². The summed E-state index contributed by atoms with van der Waals surface area (Å²) in [5.41, 5.74) is -0.0755. The number of piperazine rings is 1. The van der Waals surface area contributed by atoms with E-state index in [4.69, 9.17) is 5.11 Å². The molecule has 1 heterocycles. The fraction of sp³-hybridized carbons (Fsp3) is 0.846. The number of nitrogens with zero attached hydrogens (tertiary/aromatic N) is 2. The van der Waals surface area contributed by atoms with Gasteiger partial charge in [0.15, 0.2) is 0 Å². The summed E-state index contributed by atoms with van der Waals surface area (Å²) >= 11 is 0. The van der Waals surface area contributed by atoms with Crippen molar-refractivity contribution in [2.24, 2.45) is 5.92 Å². The molecule has 1 saturated carbocycles. The van der Waals surface area contributed by atoms with Crippen LogP contribution in [0.1, 0.15) is 26.7 Å². The molecule has 0 spiro atoms. The molecule has 1 unspecified atom stereocenters. The van der Waals surface area contributed by atoms with Gasteiger partial charge in [-0.1, -0.05) is 0 Å². The highest BCUT2D eigenvalue weighted by atomic mass is 16.4. The van der Waals surface area contributed by atoms with Gasteiger partial charge in [0.1, 0.15) is 6.04 Å². The molecule has 0 radical (unpaired) electrons. The number of rotatable bonds is 3. The van der Waals surface area contributed by atoms with E-state index in [2.05, 4.69) is 24.1 Å². The summed E-state index contributed by atoms with van der Waals surface area (Å²) in [6.45, 7) is 6.24. The molecule has 2 aliphatic rings. The quantitative estimate of drug-likeness (QED) is 0.786. The van der Waals surface area contributed by atoms with Crippen LogP contribution < -0.4 is 5.32 Å². The van der Waals surface area contributed by atoms with Gasteiger partial charge < -0.3 is 15.3 Å². The number of carbonyl (C=O) groups is 2. The molecule has 2 amide bonds. The maximum absolute atomic E-state index is 12.2. The van der Waals surface area contributed by atoms with Gasteiger partial charge in [-0.25, -0.2) is 9.59 Å². The van der Waals surface area contributed by atoms with Crippen LogP contribution in [0.15, 0.2) is 0 Å². The number of hydrogen-bond donors (Lipinski definition) is 2. The summed E-state index contributed by atoms with van der Waals surface area (Å²) in [6, 6.07) is -0.976. The number of amides is 2. The second-order valence-corrected chi connectivity index (χ2v) is 6.26. The zero-order chi connectivity index (χ0) is 14.2. The first-order valence-electron chi connectivity index (χ1n) is 6.81. The molecular formula is C13H23N3O3. The predicted molar refractivity (Wildman–Crippen MR) is 71.0 cm³/mol. The SMILES string of the molecule is CN1CCN(C(=O)NC(C(=O)O)C2CC2)CC1(C)C. The molecule has 108 valence electrons. The van der Waals surface area contributed by atoms with Crippen LogP contribution in [0, 0.1) is 5.92 Å². The molecule has 0 aromatic carbocycles. The molecule has 6 heteroatoms. The molecule has 6 nitrogen and oxygen atoms in total. The minimum atomic E-state index is -0.927. The minimum Gasteiger partial charge on any atom is -0.480 e. The Balaban J connectivity index is 1.94. The van der Waals surface area contributed by atoms with Crippen molar-refractivity contribution >= 4 is 12.0 Å². The van der Waals surface area contributed by atoms with Crippen molar-refractivity contribution < 1.29 is 14.7 Å². The number of hydrogen-bond acceptors (Lipinski definition) is 3. The molecule has 19 heavy (non-hydrogen) atoms. The summed E-state index contributed by atoms with van der Waals surface area (Å²) in [5, 5.41) is 11.8. The molecule has 2 N–H and O–H groups in total. The number of carbonyl (C=O) groups excluding carboxylic acids is 1. The van der Waals surface area contributed by atoms with E-state index in [1.54, 1.807) is 4.90 Å². The Bertz CT molecular complexity index is 379. The third-order valence-corrected chi connectivity index (χ3v) is 4.24. The molecule has 2 fully saturated rings. The van der Waals surface area contributed by atoms with Gasteiger partial charge in [0.2, 0.25) is 0 Å². The zero-order valence-corrected chi connectivity index (χ0v) is 11.8. The monoisotopic (exact) mass is 269 g/mol. The number of nitrogens with one attached hydrogen (secondary N) is 1. The van der Waals surface area contributed by atoms with Crippen LogP contribution in [0.2, 0.25) is 0 Å². The number of likely N-dealkylation sites (N-methyl/N-ethyl adjacent to an activating group) is 1. The largest absolute Gasteiger partial charge is 0.480 e. The fourth-order valence-electron chi connectivity index (χ4n) is 2.45. The average molecular weight is 269 g/mol.